The van der Waals surface area contributed by atoms with Crippen LogP contribution in [0.1, 0.15) is 34.0 Å². The fourth-order valence-electron chi connectivity index (χ4n) is 2.45. The van der Waals surface area contributed by atoms with E-state index >= 15 is 0 Å². The minimum absolute atomic E-state index is 0.246. The molecule has 0 radical (unpaired) electrons. The second-order valence-electron chi connectivity index (χ2n) is 6.16. The summed E-state index contributed by atoms with van der Waals surface area (Å²) in [6.45, 7) is 4.17. The summed E-state index contributed by atoms with van der Waals surface area (Å²) in [5.74, 6) is 0. The van der Waals surface area contributed by atoms with Crippen molar-refractivity contribution in [3.63, 3.8) is 0 Å². The lowest BCUT2D eigenvalue weighted by atomic mass is 10.1. The third-order valence-corrected chi connectivity index (χ3v) is 3.98. The van der Waals surface area contributed by atoms with Gasteiger partial charge in [0.15, 0.2) is 6.17 Å². The van der Waals surface area contributed by atoms with Crippen LogP contribution in [0, 0.1) is 13.8 Å². The molecule has 0 unspecified atom stereocenters. The number of benzene rings is 3. The van der Waals surface area contributed by atoms with Gasteiger partial charge >= 0.3 is 0 Å². The zero-order valence-electron chi connectivity index (χ0n) is 14.6. The van der Waals surface area contributed by atoms with Crippen LogP contribution in [0.5, 0.6) is 0 Å². The lowest BCUT2D eigenvalue weighted by Gasteiger charge is -2.08. The molecule has 0 heterocycles. The fraction of sp³-hybridized carbons (Fsp3) is 0.130. The van der Waals surface area contributed by atoms with E-state index < -0.39 is 0 Å². The van der Waals surface area contributed by atoms with Crippen LogP contribution in [-0.2, 0) is 0 Å². The van der Waals surface area contributed by atoms with E-state index in [1.807, 2.05) is 30.6 Å². The highest BCUT2D eigenvalue weighted by molar-refractivity contribution is 5.81. The van der Waals surface area contributed by atoms with Crippen molar-refractivity contribution in [3.8, 4) is 0 Å². The molecule has 124 valence electrons. The van der Waals surface area contributed by atoms with Crippen molar-refractivity contribution in [2.24, 2.45) is 9.98 Å². The standard InChI is InChI=1S/C23H22N2/c1-18-8-12-20(13-9-18)16-24-23(22-6-4-3-5-7-22)25-17-21-14-10-19(2)11-15-21/h3-17,23H,1-2H3. The van der Waals surface area contributed by atoms with Crippen molar-refractivity contribution in [3.05, 3.63) is 107 Å². The quantitative estimate of drug-likeness (QED) is 0.550. The van der Waals surface area contributed by atoms with Crippen molar-refractivity contribution in [2.75, 3.05) is 0 Å². The van der Waals surface area contributed by atoms with E-state index in [2.05, 4.69) is 74.5 Å². The summed E-state index contributed by atoms with van der Waals surface area (Å²) in [6, 6.07) is 26.8. The highest BCUT2D eigenvalue weighted by atomic mass is 15.0. The van der Waals surface area contributed by atoms with E-state index in [0.717, 1.165) is 16.7 Å². The van der Waals surface area contributed by atoms with Crippen LogP contribution in [0.15, 0.2) is 88.8 Å². The van der Waals surface area contributed by atoms with Gasteiger partial charge in [0.1, 0.15) is 0 Å². The first-order valence-corrected chi connectivity index (χ1v) is 8.45. The lowest BCUT2D eigenvalue weighted by molar-refractivity contribution is 0.787. The van der Waals surface area contributed by atoms with Gasteiger partial charge in [-0.1, -0.05) is 90.0 Å². The van der Waals surface area contributed by atoms with Crippen LogP contribution in [0.3, 0.4) is 0 Å². The molecule has 0 aromatic heterocycles. The Morgan fingerprint density at radius 2 is 1.04 bits per heavy atom. The Morgan fingerprint density at radius 1 is 0.600 bits per heavy atom. The number of rotatable bonds is 5. The first-order valence-electron chi connectivity index (χ1n) is 8.45. The van der Waals surface area contributed by atoms with E-state index in [0.29, 0.717) is 0 Å². The molecular formula is C23H22N2. The Morgan fingerprint density at radius 3 is 1.48 bits per heavy atom. The van der Waals surface area contributed by atoms with Crippen molar-refractivity contribution >= 4 is 12.4 Å². The first-order chi connectivity index (χ1) is 12.2. The summed E-state index contributed by atoms with van der Waals surface area (Å²) in [5.41, 5.74) is 5.73. The molecule has 0 aliphatic heterocycles. The normalized spacial score (nSPS) is 12.7. The van der Waals surface area contributed by atoms with E-state index in [9.17, 15) is 0 Å². The lowest BCUT2D eigenvalue weighted by Crippen LogP contribution is -1.95. The summed E-state index contributed by atoms with van der Waals surface area (Å²) in [4.78, 5) is 9.41. The van der Waals surface area contributed by atoms with Gasteiger partial charge in [-0.2, -0.15) is 0 Å². The first kappa shape index (κ1) is 16.8. The number of hydrogen-bond donors (Lipinski definition) is 0. The topological polar surface area (TPSA) is 24.7 Å². The molecule has 3 aromatic rings. The Hall–Kier alpha value is -3.00. The van der Waals surface area contributed by atoms with Gasteiger partial charge in [-0.3, -0.25) is 9.98 Å². The van der Waals surface area contributed by atoms with Gasteiger partial charge in [0.25, 0.3) is 0 Å². The average Bonchev–Trinajstić information content (AvgIpc) is 2.65. The predicted octanol–water partition coefficient (Wildman–Crippen LogP) is 5.54. The minimum Gasteiger partial charge on any atom is -0.261 e. The zero-order valence-corrected chi connectivity index (χ0v) is 14.6. The zero-order chi connectivity index (χ0) is 17.5. The van der Waals surface area contributed by atoms with Gasteiger partial charge in [0.2, 0.25) is 0 Å². The van der Waals surface area contributed by atoms with Gasteiger partial charge in [-0.15, -0.1) is 0 Å². The third-order valence-electron chi connectivity index (χ3n) is 3.98. The molecule has 0 N–H and O–H groups in total. The third kappa shape index (κ3) is 4.98. The largest absolute Gasteiger partial charge is 0.261 e. The summed E-state index contributed by atoms with van der Waals surface area (Å²) >= 11 is 0. The molecule has 2 heteroatoms. The number of aliphatic imine (C=N–C) groups is 2. The van der Waals surface area contributed by atoms with Gasteiger partial charge in [0.05, 0.1) is 0 Å². The SMILES string of the molecule is Cc1ccc(C=NC(N=Cc2ccc(C)cc2)c2ccccc2)cc1. The van der Waals surface area contributed by atoms with E-state index in [4.69, 9.17) is 9.98 Å². The van der Waals surface area contributed by atoms with Crippen molar-refractivity contribution in [2.45, 2.75) is 20.0 Å². The second kappa shape index (κ2) is 8.20. The molecule has 3 rings (SSSR count). The van der Waals surface area contributed by atoms with Crippen LogP contribution < -0.4 is 0 Å². The highest BCUT2D eigenvalue weighted by Crippen LogP contribution is 2.19. The molecule has 0 saturated carbocycles. The summed E-state index contributed by atoms with van der Waals surface area (Å²) in [5, 5.41) is 0. The molecule has 0 atom stereocenters. The minimum atomic E-state index is -0.246. The van der Waals surface area contributed by atoms with E-state index in [1.54, 1.807) is 0 Å². The Labute approximate surface area is 149 Å². The van der Waals surface area contributed by atoms with Crippen molar-refractivity contribution in [1.82, 2.24) is 0 Å². The molecule has 25 heavy (non-hydrogen) atoms. The highest BCUT2D eigenvalue weighted by Gasteiger charge is 2.05. The maximum absolute atomic E-state index is 4.70. The van der Waals surface area contributed by atoms with Gasteiger partial charge in [-0.25, -0.2) is 0 Å². The van der Waals surface area contributed by atoms with Crippen LogP contribution in [-0.4, -0.2) is 12.4 Å². The number of hydrogen-bond acceptors (Lipinski definition) is 2. The maximum atomic E-state index is 4.70. The van der Waals surface area contributed by atoms with Crippen LogP contribution >= 0.6 is 0 Å². The molecule has 0 aliphatic carbocycles. The average molecular weight is 326 g/mol. The molecule has 0 spiro atoms. The van der Waals surface area contributed by atoms with Gasteiger partial charge in [-0.05, 0) is 30.5 Å². The van der Waals surface area contributed by atoms with Crippen LogP contribution in [0.25, 0.3) is 0 Å². The van der Waals surface area contributed by atoms with Gasteiger partial charge < -0.3 is 0 Å². The molecule has 0 fully saturated rings. The molecular weight excluding hydrogens is 304 g/mol. The van der Waals surface area contributed by atoms with Crippen LogP contribution in [0.2, 0.25) is 0 Å². The maximum Gasteiger partial charge on any atom is 0.165 e. The van der Waals surface area contributed by atoms with Crippen LogP contribution in [0.4, 0.5) is 0 Å². The smallest absolute Gasteiger partial charge is 0.165 e. The molecule has 0 amide bonds. The van der Waals surface area contributed by atoms with E-state index in [1.165, 1.54) is 11.1 Å². The number of nitrogens with zero attached hydrogens (tertiary/aromatic N) is 2. The molecule has 0 saturated heterocycles. The summed E-state index contributed by atoms with van der Waals surface area (Å²) in [6.07, 6.45) is 3.54. The van der Waals surface area contributed by atoms with Crippen molar-refractivity contribution in [1.29, 1.82) is 0 Å². The molecule has 0 bridgehead atoms. The Balaban J connectivity index is 1.84. The Bertz CT molecular complexity index is 789. The van der Waals surface area contributed by atoms with Gasteiger partial charge in [0, 0.05) is 12.4 Å². The molecule has 0 aliphatic rings. The Kier molecular flexibility index (Phi) is 5.53. The number of aryl methyl sites for hydroxylation is 2. The summed E-state index contributed by atoms with van der Waals surface area (Å²) < 4.78 is 0. The second-order valence-corrected chi connectivity index (χ2v) is 6.16. The van der Waals surface area contributed by atoms with Crippen molar-refractivity contribution < 1.29 is 0 Å². The molecule has 3 aromatic carbocycles. The molecule has 2 nitrogen and oxygen atoms in total. The predicted molar refractivity (Wildman–Crippen MR) is 107 cm³/mol. The fourth-order valence-corrected chi connectivity index (χ4v) is 2.45. The van der Waals surface area contributed by atoms with E-state index in [-0.39, 0.29) is 6.17 Å². The summed E-state index contributed by atoms with van der Waals surface area (Å²) in [7, 11) is 0. The monoisotopic (exact) mass is 326 g/mol.